The lowest BCUT2D eigenvalue weighted by Crippen LogP contribution is -2.47. The first-order valence-electron chi connectivity index (χ1n) is 5.39. The fraction of sp³-hybridized carbons (Fsp3) is 1.00. The maximum absolute atomic E-state index is 8.53. The van der Waals surface area contributed by atoms with Crippen LogP contribution in [0.3, 0.4) is 0 Å². The summed E-state index contributed by atoms with van der Waals surface area (Å²) in [5.41, 5.74) is 5.92. The van der Waals surface area contributed by atoms with Gasteiger partial charge in [0.15, 0.2) is 0 Å². The van der Waals surface area contributed by atoms with E-state index in [-0.39, 0.29) is 6.61 Å². The Bertz CT molecular complexity index is 145. The summed E-state index contributed by atoms with van der Waals surface area (Å²) in [4.78, 5) is 2.34. The second-order valence-corrected chi connectivity index (χ2v) is 4.20. The van der Waals surface area contributed by atoms with Gasteiger partial charge in [-0.05, 0) is 12.3 Å². The second kappa shape index (κ2) is 6.35. The van der Waals surface area contributed by atoms with Crippen LogP contribution < -0.4 is 5.73 Å². The van der Waals surface area contributed by atoms with Gasteiger partial charge in [0.2, 0.25) is 0 Å². The molecule has 14 heavy (non-hydrogen) atoms. The minimum atomic E-state index is 0.107. The molecule has 2 unspecified atom stereocenters. The van der Waals surface area contributed by atoms with Gasteiger partial charge in [-0.1, -0.05) is 6.92 Å². The third kappa shape index (κ3) is 4.37. The molecule has 1 heterocycles. The van der Waals surface area contributed by atoms with Crippen LogP contribution in [0.5, 0.6) is 0 Å². The van der Waals surface area contributed by atoms with Crippen LogP contribution in [0.2, 0.25) is 0 Å². The Morgan fingerprint density at radius 1 is 1.43 bits per heavy atom. The first kappa shape index (κ1) is 11.9. The summed E-state index contributed by atoms with van der Waals surface area (Å²) in [6, 6.07) is 0.316. The van der Waals surface area contributed by atoms with Crippen LogP contribution in [-0.2, 0) is 4.74 Å². The molecule has 2 atom stereocenters. The third-order valence-electron chi connectivity index (χ3n) is 2.56. The van der Waals surface area contributed by atoms with Crippen LogP contribution in [0.4, 0.5) is 0 Å². The average Bonchev–Trinajstić information content (AvgIpc) is 2.11. The smallest absolute Gasteiger partial charge is 0.0698 e. The molecule has 4 heteroatoms. The molecule has 0 aromatic heterocycles. The summed E-state index contributed by atoms with van der Waals surface area (Å²) < 4.78 is 5.22. The zero-order chi connectivity index (χ0) is 10.4. The number of nitrogens with zero attached hydrogens (tertiary/aromatic N) is 1. The van der Waals surface area contributed by atoms with Gasteiger partial charge in [0, 0.05) is 25.7 Å². The molecule has 0 bridgehead atoms. The number of ether oxygens (including phenoxy) is 1. The average molecular weight is 202 g/mol. The zero-order valence-electron chi connectivity index (χ0n) is 8.98. The molecule has 0 saturated carbocycles. The molecule has 4 nitrogen and oxygen atoms in total. The molecule has 1 fully saturated rings. The van der Waals surface area contributed by atoms with Crippen molar-refractivity contribution in [3.63, 3.8) is 0 Å². The normalized spacial score (nSPS) is 29.4. The highest BCUT2D eigenvalue weighted by atomic mass is 16.5. The highest BCUT2D eigenvalue weighted by molar-refractivity contribution is 4.78. The maximum Gasteiger partial charge on any atom is 0.0698 e. The van der Waals surface area contributed by atoms with Crippen molar-refractivity contribution < 1.29 is 9.84 Å². The van der Waals surface area contributed by atoms with Gasteiger partial charge in [0.1, 0.15) is 0 Å². The molecule has 3 N–H and O–H groups in total. The van der Waals surface area contributed by atoms with E-state index in [4.69, 9.17) is 15.6 Å². The Hall–Kier alpha value is -0.160. The monoisotopic (exact) mass is 202 g/mol. The summed E-state index contributed by atoms with van der Waals surface area (Å²) >= 11 is 0. The van der Waals surface area contributed by atoms with Gasteiger partial charge in [0.05, 0.1) is 19.8 Å². The van der Waals surface area contributed by atoms with Gasteiger partial charge in [-0.25, -0.2) is 0 Å². The van der Waals surface area contributed by atoms with Crippen LogP contribution in [0, 0.1) is 5.92 Å². The van der Waals surface area contributed by atoms with E-state index in [0.29, 0.717) is 25.2 Å². The molecule has 1 saturated heterocycles. The van der Waals surface area contributed by atoms with E-state index in [2.05, 4.69) is 11.8 Å². The zero-order valence-corrected chi connectivity index (χ0v) is 8.98. The van der Waals surface area contributed by atoms with Crippen LogP contribution in [-0.4, -0.2) is 55.5 Å². The molecule has 1 rings (SSSR count). The van der Waals surface area contributed by atoms with Crippen LogP contribution in [0.1, 0.15) is 13.3 Å². The first-order valence-corrected chi connectivity index (χ1v) is 5.39. The molecule has 0 amide bonds. The van der Waals surface area contributed by atoms with E-state index in [0.717, 1.165) is 26.1 Å². The topological polar surface area (TPSA) is 58.7 Å². The van der Waals surface area contributed by atoms with Crippen molar-refractivity contribution in [2.45, 2.75) is 19.4 Å². The van der Waals surface area contributed by atoms with Gasteiger partial charge in [-0.2, -0.15) is 0 Å². The Balaban J connectivity index is 2.10. The Morgan fingerprint density at radius 3 is 2.86 bits per heavy atom. The Kier molecular flexibility index (Phi) is 5.40. The van der Waals surface area contributed by atoms with Crippen molar-refractivity contribution in [3.05, 3.63) is 0 Å². The van der Waals surface area contributed by atoms with Gasteiger partial charge in [0.25, 0.3) is 0 Å². The van der Waals surface area contributed by atoms with Crippen molar-refractivity contribution >= 4 is 0 Å². The molecular formula is C10H22N2O2. The lowest BCUT2D eigenvalue weighted by atomic mass is 9.97. The number of aliphatic hydroxyl groups is 1. The summed E-state index contributed by atoms with van der Waals surface area (Å²) in [6.07, 6.45) is 1.13. The van der Waals surface area contributed by atoms with Gasteiger partial charge in [-0.15, -0.1) is 0 Å². The third-order valence-corrected chi connectivity index (χ3v) is 2.56. The first-order chi connectivity index (χ1) is 6.72. The Labute approximate surface area is 86.0 Å². The molecule has 84 valence electrons. The molecule has 0 aromatic rings. The van der Waals surface area contributed by atoms with Gasteiger partial charge >= 0.3 is 0 Å². The van der Waals surface area contributed by atoms with E-state index in [9.17, 15) is 0 Å². The van der Waals surface area contributed by atoms with E-state index in [1.54, 1.807) is 0 Å². The quantitative estimate of drug-likeness (QED) is 0.599. The number of nitrogens with two attached hydrogens (primary N) is 1. The number of aliphatic hydroxyl groups excluding tert-OH is 1. The highest BCUT2D eigenvalue weighted by Crippen LogP contribution is 2.14. The molecule has 0 spiro atoms. The van der Waals surface area contributed by atoms with Crippen LogP contribution in [0.15, 0.2) is 0 Å². The van der Waals surface area contributed by atoms with Crippen LogP contribution >= 0.6 is 0 Å². The van der Waals surface area contributed by atoms with E-state index in [1.165, 1.54) is 0 Å². The van der Waals surface area contributed by atoms with Crippen molar-refractivity contribution in [2.75, 3.05) is 39.5 Å². The van der Waals surface area contributed by atoms with E-state index >= 15 is 0 Å². The van der Waals surface area contributed by atoms with E-state index < -0.39 is 0 Å². The molecule has 0 aliphatic carbocycles. The molecule has 1 aliphatic heterocycles. The number of hydrogen-bond donors (Lipinski definition) is 2. The second-order valence-electron chi connectivity index (χ2n) is 4.20. The molecule has 0 aromatic carbocycles. The van der Waals surface area contributed by atoms with Gasteiger partial charge in [-0.3, -0.25) is 4.90 Å². The fourth-order valence-corrected chi connectivity index (χ4v) is 2.06. The summed E-state index contributed by atoms with van der Waals surface area (Å²) in [7, 11) is 0. The highest BCUT2D eigenvalue weighted by Gasteiger charge is 2.21. The standard InChI is InChI=1S/C10H22N2O2/c1-9-6-10(11)8-12(7-9)2-4-14-5-3-13/h9-10,13H,2-8,11H2,1H3. The summed E-state index contributed by atoms with van der Waals surface area (Å²) in [5.74, 6) is 0.691. The Morgan fingerprint density at radius 2 is 2.21 bits per heavy atom. The minimum absolute atomic E-state index is 0.107. The lowest BCUT2D eigenvalue weighted by molar-refractivity contribution is 0.0609. The van der Waals surface area contributed by atoms with Crippen molar-refractivity contribution in [3.8, 4) is 0 Å². The summed E-state index contributed by atoms with van der Waals surface area (Å²) in [6.45, 7) is 6.51. The maximum atomic E-state index is 8.53. The predicted octanol–water partition coefficient (Wildman–Crippen LogP) is -0.336. The fourth-order valence-electron chi connectivity index (χ4n) is 2.06. The predicted molar refractivity (Wildman–Crippen MR) is 56.1 cm³/mol. The van der Waals surface area contributed by atoms with Crippen molar-refractivity contribution in [2.24, 2.45) is 11.7 Å². The number of rotatable bonds is 5. The lowest BCUT2D eigenvalue weighted by Gasteiger charge is -2.34. The SMILES string of the molecule is CC1CC(N)CN(CCOCCO)C1. The minimum Gasteiger partial charge on any atom is -0.394 e. The van der Waals surface area contributed by atoms with Crippen molar-refractivity contribution in [1.29, 1.82) is 0 Å². The van der Waals surface area contributed by atoms with E-state index in [1.807, 2.05) is 0 Å². The molecular weight excluding hydrogens is 180 g/mol. The van der Waals surface area contributed by atoms with Crippen LogP contribution in [0.25, 0.3) is 0 Å². The molecule has 0 radical (unpaired) electrons. The number of piperidine rings is 1. The van der Waals surface area contributed by atoms with Gasteiger partial charge < -0.3 is 15.6 Å². The largest absolute Gasteiger partial charge is 0.394 e. The molecule has 1 aliphatic rings. The number of likely N-dealkylation sites (tertiary alicyclic amines) is 1. The summed E-state index contributed by atoms with van der Waals surface area (Å²) in [5, 5.41) is 8.53. The van der Waals surface area contributed by atoms with Crippen molar-refractivity contribution in [1.82, 2.24) is 4.90 Å². The number of hydrogen-bond acceptors (Lipinski definition) is 4.